The Morgan fingerprint density at radius 1 is 1.23 bits per heavy atom. The van der Waals surface area contributed by atoms with Crippen LogP contribution in [0.25, 0.3) is 0 Å². The average molecular weight is 436 g/mol. The molecule has 0 radical (unpaired) electrons. The third kappa shape index (κ3) is 7.05. The molecular formula is C23H38FN5O2. The van der Waals surface area contributed by atoms with Gasteiger partial charge in [0.15, 0.2) is 5.96 Å². The molecule has 1 atom stereocenters. The molecule has 7 nitrogen and oxygen atoms in total. The highest BCUT2D eigenvalue weighted by molar-refractivity contribution is 5.79. The van der Waals surface area contributed by atoms with E-state index in [-0.39, 0.29) is 17.8 Å². The molecule has 8 heteroatoms. The second-order valence-electron chi connectivity index (χ2n) is 8.53. The molecule has 0 aliphatic carbocycles. The molecule has 0 bridgehead atoms. The second-order valence-corrected chi connectivity index (χ2v) is 8.53. The van der Waals surface area contributed by atoms with E-state index in [0.717, 1.165) is 77.6 Å². The van der Waals surface area contributed by atoms with Crippen LogP contribution in [0.1, 0.15) is 26.2 Å². The minimum atomic E-state index is -0.139. The van der Waals surface area contributed by atoms with E-state index in [0.29, 0.717) is 18.8 Å². The third-order valence-electron chi connectivity index (χ3n) is 6.25. The molecule has 1 aromatic rings. The molecule has 0 saturated carbocycles. The van der Waals surface area contributed by atoms with Crippen LogP contribution in [0.15, 0.2) is 29.3 Å². The first-order chi connectivity index (χ1) is 15.2. The standard InChI is InChI=1S/C23H38FN5O2/c1-2-25-22(27-18-23(8-16-30)9-17-31-19-23)26-10-5-11-28-12-14-29(15-13-28)21-7-4-3-6-20(21)24/h3-4,6-7,30H,2,5,8-19H2,1H3,(H2,25,26,27). The molecule has 174 valence electrons. The number of aliphatic imine (C=N–C) groups is 1. The predicted octanol–water partition coefficient (Wildman–Crippen LogP) is 1.68. The van der Waals surface area contributed by atoms with Gasteiger partial charge in [0, 0.05) is 57.9 Å². The van der Waals surface area contributed by atoms with E-state index in [1.165, 1.54) is 6.07 Å². The molecule has 0 amide bonds. The Morgan fingerprint density at radius 3 is 2.71 bits per heavy atom. The van der Waals surface area contributed by atoms with E-state index in [1.54, 1.807) is 6.07 Å². The molecule has 31 heavy (non-hydrogen) atoms. The number of para-hydroxylation sites is 1. The fourth-order valence-corrected chi connectivity index (χ4v) is 4.31. The van der Waals surface area contributed by atoms with Gasteiger partial charge in [-0.15, -0.1) is 0 Å². The van der Waals surface area contributed by atoms with E-state index in [1.807, 2.05) is 12.1 Å². The van der Waals surface area contributed by atoms with E-state index in [2.05, 4.69) is 27.4 Å². The highest BCUT2D eigenvalue weighted by Crippen LogP contribution is 2.32. The van der Waals surface area contributed by atoms with Crippen molar-refractivity contribution in [2.24, 2.45) is 10.4 Å². The molecule has 2 fully saturated rings. The summed E-state index contributed by atoms with van der Waals surface area (Å²) in [6.45, 7) is 10.6. The zero-order valence-electron chi connectivity index (χ0n) is 18.8. The second kappa shape index (κ2) is 12.2. The SMILES string of the molecule is CCNC(=NCC1(CCO)CCOC1)NCCCN1CCN(c2ccccc2F)CC1. The van der Waals surface area contributed by atoms with Crippen molar-refractivity contribution in [3.8, 4) is 0 Å². The van der Waals surface area contributed by atoms with Gasteiger partial charge in [0.2, 0.25) is 0 Å². The molecule has 2 aliphatic heterocycles. The molecule has 2 heterocycles. The number of hydrogen-bond donors (Lipinski definition) is 3. The van der Waals surface area contributed by atoms with E-state index >= 15 is 0 Å². The summed E-state index contributed by atoms with van der Waals surface area (Å²) in [6, 6.07) is 7.02. The van der Waals surface area contributed by atoms with Crippen molar-refractivity contribution in [3.63, 3.8) is 0 Å². The van der Waals surface area contributed by atoms with Gasteiger partial charge in [-0.3, -0.25) is 9.89 Å². The number of aliphatic hydroxyl groups excluding tert-OH is 1. The van der Waals surface area contributed by atoms with Gasteiger partial charge in [-0.25, -0.2) is 4.39 Å². The summed E-state index contributed by atoms with van der Waals surface area (Å²) >= 11 is 0. The number of aliphatic hydroxyl groups is 1. The smallest absolute Gasteiger partial charge is 0.191 e. The van der Waals surface area contributed by atoms with Crippen molar-refractivity contribution in [2.45, 2.75) is 26.2 Å². The summed E-state index contributed by atoms with van der Waals surface area (Å²) in [6.07, 6.45) is 2.71. The normalized spacial score (nSPS) is 22.7. The molecule has 2 saturated heterocycles. The third-order valence-corrected chi connectivity index (χ3v) is 6.25. The van der Waals surface area contributed by atoms with Crippen molar-refractivity contribution in [1.29, 1.82) is 0 Å². The molecule has 0 aromatic heterocycles. The van der Waals surface area contributed by atoms with Gasteiger partial charge in [0.05, 0.1) is 18.8 Å². The van der Waals surface area contributed by atoms with Crippen LogP contribution in [-0.4, -0.2) is 88.1 Å². The van der Waals surface area contributed by atoms with Crippen molar-refractivity contribution >= 4 is 11.6 Å². The highest BCUT2D eigenvalue weighted by Gasteiger charge is 2.34. The van der Waals surface area contributed by atoms with Gasteiger partial charge in [0.1, 0.15) is 5.82 Å². The van der Waals surface area contributed by atoms with Gasteiger partial charge in [0.25, 0.3) is 0 Å². The quantitative estimate of drug-likeness (QED) is 0.295. The molecule has 2 aliphatic rings. The number of halogens is 1. The summed E-state index contributed by atoms with van der Waals surface area (Å²) in [5.74, 6) is 0.691. The number of hydrogen-bond acceptors (Lipinski definition) is 5. The van der Waals surface area contributed by atoms with E-state index in [4.69, 9.17) is 9.73 Å². The predicted molar refractivity (Wildman–Crippen MR) is 123 cm³/mol. The van der Waals surface area contributed by atoms with Crippen LogP contribution in [0.4, 0.5) is 10.1 Å². The molecule has 0 spiro atoms. The minimum absolute atomic E-state index is 0.0327. The lowest BCUT2D eigenvalue weighted by Crippen LogP contribution is -2.47. The Bertz CT molecular complexity index is 688. The number of guanidine groups is 1. The van der Waals surface area contributed by atoms with Crippen LogP contribution in [0, 0.1) is 11.2 Å². The number of rotatable bonds is 10. The molecule has 3 rings (SSSR count). The first-order valence-electron chi connectivity index (χ1n) is 11.6. The van der Waals surface area contributed by atoms with Gasteiger partial charge < -0.3 is 25.4 Å². The van der Waals surface area contributed by atoms with Crippen LogP contribution in [-0.2, 0) is 4.74 Å². The Kier molecular flexibility index (Phi) is 9.36. The Labute approximate surface area is 185 Å². The number of nitrogens with one attached hydrogen (secondary N) is 2. The molecule has 1 unspecified atom stereocenters. The summed E-state index contributed by atoms with van der Waals surface area (Å²) < 4.78 is 19.5. The van der Waals surface area contributed by atoms with Crippen LogP contribution in [0.2, 0.25) is 0 Å². The number of nitrogens with zero attached hydrogens (tertiary/aromatic N) is 3. The molecule has 3 N–H and O–H groups in total. The zero-order chi connectivity index (χ0) is 21.9. The number of piperazine rings is 1. The zero-order valence-corrected chi connectivity index (χ0v) is 18.8. The Morgan fingerprint density at radius 2 is 2.03 bits per heavy atom. The maximum atomic E-state index is 14.0. The minimum Gasteiger partial charge on any atom is -0.396 e. The van der Waals surface area contributed by atoms with Crippen LogP contribution >= 0.6 is 0 Å². The van der Waals surface area contributed by atoms with E-state index in [9.17, 15) is 9.50 Å². The maximum Gasteiger partial charge on any atom is 0.191 e. The summed E-state index contributed by atoms with van der Waals surface area (Å²) in [5, 5.41) is 16.1. The van der Waals surface area contributed by atoms with Gasteiger partial charge in [-0.2, -0.15) is 0 Å². The first kappa shape index (κ1) is 23.8. The van der Waals surface area contributed by atoms with Crippen molar-refractivity contribution in [3.05, 3.63) is 30.1 Å². The average Bonchev–Trinajstić information content (AvgIpc) is 3.25. The monoisotopic (exact) mass is 435 g/mol. The Hall–Kier alpha value is -1.90. The van der Waals surface area contributed by atoms with Crippen LogP contribution in [0.3, 0.4) is 0 Å². The highest BCUT2D eigenvalue weighted by atomic mass is 19.1. The van der Waals surface area contributed by atoms with Gasteiger partial charge in [-0.1, -0.05) is 12.1 Å². The van der Waals surface area contributed by atoms with Gasteiger partial charge >= 0.3 is 0 Å². The van der Waals surface area contributed by atoms with Crippen LogP contribution in [0.5, 0.6) is 0 Å². The van der Waals surface area contributed by atoms with Gasteiger partial charge in [-0.05, 0) is 44.9 Å². The number of benzene rings is 1. The lowest BCUT2D eigenvalue weighted by molar-refractivity contribution is 0.131. The topological polar surface area (TPSA) is 72.4 Å². The van der Waals surface area contributed by atoms with Crippen molar-refractivity contribution in [2.75, 3.05) is 77.1 Å². The Balaban J connectivity index is 1.38. The molecular weight excluding hydrogens is 397 g/mol. The first-order valence-corrected chi connectivity index (χ1v) is 11.6. The lowest BCUT2D eigenvalue weighted by Gasteiger charge is -2.36. The summed E-state index contributed by atoms with van der Waals surface area (Å²) in [5.41, 5.74) is 0.677. The fraction of sp³-hybridized carbons (Fsp3) is 0.696. The number of ether oxygens (including phenoxy) is 1. The van der Waals surface area contributed by atoms with E-state index < -0.39 is 0 Å². The van der Waals surface area contributed by atoms with Crippen LogP contribution < -0.4 is 15.5 Å². The number of anilines is 1. The summed E-state index contributed by atoms with van der Waals surface area (Å²) in [4.78, 5) is 9.34. The van der Waals surface area contributed by atoms with Crippen molar-refractivity contribution in [1.82, 2.24) is 15.5 Å². The summed E-state index contributed by atoms with van der Waals surface area (Å²) in [7, 11) is 0. The fourth-order valence-electron chi connectivity index (χ4n) is 4.31. The van der Waals surface area contributed by atoms with Crippen molar-refractivity contribution < 1.29 is 14.2 Å². The molecule has 1 aromatic carbocycles. The maximum absolute atomic E-state index is 14.0. The largest absolute Gasteiger partial charge is 0.396 e. The lowest BCUT2D eigenvalue weighted by atomic mass is 9.84.